The molecule has 3 aromatic carbocycles. The molecule has 0 heterocycles. The maximum atomic E-state index is 12.1. The van der Waals surface area contributed by atoms with Gasteiger partial charge in [-0.3, -0.25) is 9.59 Å². The number of phenols is 1. The molecule has 0 aromatic heterocycles. The van der Waals surface area contributed by atoms with Crippen molar-refractivity contribution in [1.82, 2.24) is 0 Å². The molecular weight excluding hydrogens is 356 g/mol. The van der Waals surface area contributed by atoms with E-state index >= 15 is 0 Å². The molecule has 1 atom stereocenters. The summed E-state index contributed by atoms with van der Waals surface area (Å²) in [5.74, 6) is 1.05. The van der Waals surface area contributed by atoms with E-state index in [9.17, 15) is 14.7 Å². The van der Waals surface area contributed by atoms with Crippen molar-refractivity contribution in [3.8, 4) is 11.5 Å². The Kier molecular flexibility index (Phi) is 5.40. The van der Waals surface area contributed by atoms with Crippen LogP contribution >= 0.6 is 0 Å². The highest BCUT2D eigenvalue weighted by atomic mass is 16.5. The lowest BCUT2D eigenvalue weighted by Gasteiger charge is -2.21. The smallest absolute Gasteiger partial charge is 0.253 e. The number of hydrogen-bond donors (Lipinski definition) is 3. The van der Waals surface area contributed by atoms with Gasteiger partial charge >= 0.3 is 0 Å². The van der Waals surface area contributed by atoms with Crippen molar-refractivity contribution >= 4 is 17.1 Å². The van der Waals surface area contributed by atoms with Crippen LogP contribution < -0.4 is 26.2 Å². The Bertz CT molecular complexity index is 1060. The highest BCUT2D eigenvalue weighted by Gasteiger charge is 2.23. The van der Waals surface area contributed by atoms with Crippen LogP contribution in [0.15, 0.2) is 52.1 Å². The average Bonchev–Trinajstić information content (AvgIpc) is 2.70. The lowest BCUT2D eigenvalue weighted by molar-refractivity contribution is 0.414. The number of phenolic OH excluding ortho intramolecular Hbond substituents is 1. The minimum absolute atomic E-state index is 0.125. The Labute approximate surface area is 163 Å². The number of nitrogens with one attached hydrogen (secondary N) is 2. The second kappa shape index (κ2) is 7.76. The van der Waals surface area contributed by atoms with Gasteiger partial charge in [0.1, 0.15) is 22.9 Å². The summed E-state index contributed by atoms with van der Waals surface area (Å²) in [6, 6.07) is 12.4. The Morgan fingerprint density at radius 3 is 2.36 bits per heavy atom. The molecule has 6 heteroatoms. The first-order chi connectivity index (χ1) is 13.3. The summed E-state index contributed by atoms with van der Waals surface area (Å²) in [7, 11) is 1.60. The fourth-order valence-corrected chi connectivity index (χ4v) is 3.10. The first-order valence-corrected chi connectivity index (χ1v) is 9.15. The molecule has 0 unspecified atom stereocenters. The summed E-state index contributed by atoms with van der Waals surface area (Å²) in [6.45, 7) is 5.85. The van der Waals surface area contributed by atoms with Gasteiger partial charge in [0.05, 0.1) is 7.11 Å². The third kappa shape index (κ3) is 3.71. The molecule has 0 spiro atoms. The topological polar surface area (TPSA) is 87.7 Å². The van der Waals surface area contributed by atoms with Gasteiger partial charge in [-0.1, -0.05) is 26.0 Å². The molecule has 6 nitrogen and oxygen atoms in total. The Hall–Kier alpha value is -3.28. The van der Waals surface area contributed by atoms with Crippen LogP contribution in [0.1, 0.15) is 43.9 Å². The van der Waals surface area contributed by atoms with E-state index in [1.54, 1.807) is 25.3 Å². The van der Waals surface area contributed by atoms with Crippen LogP contribution in [-0.4, -0.2) is 12.2 Å². The second-order valence-corrected chi connectivity index (χ2v) is 7.10. The molecule has 0 amide bonds. The number of aromatic hydroxyl groups is 1. The van der Waals surface area contributed by atoms with Crippen molar-refractivity contribution in [3.63, 3.8) is 0 Å². The molecule has 0 radical (unpaired) electrons. The predicted octanol–water partition coefficient (Wildman–Crippen LogP) is 4.04. The number of ether oxygens (including phenoxy) is 1. The quantitative estimate of drug-likeness (QED) is 0.424. The van der Waals surface area contributed by atoms with E-state index in [1.165, 1.54) is 0 Å². The molecule has 0 aliphatic heterocycles. The third-order valence-electron chi connectivity index (χ3n) is 4.78. The van der Waals surface area contributed by atoms with Crippen molar-refractivity contribution in [1.29, 1.82) is 0 Å². The van der Waals surface area contributed by atoms with E-state index in [-0.39, 0.29) is 29.1 Å². The van der Waals surface area contributed by atoms with Crippen LogP contribution in [0.2, 0.25) is 0 Å². The Morgan fingerprint density at radius 1 is 0.964 bits per heavy atom. The van der Waals surface area contributed by atoms with E-state index in [0.29, 0.717) is 5.69 Å². The van der Waals surface area contributed by atoms with Crippen molar-refractivity contribution < 1.29 is 9.84 Å². The normalized spacial score (nSPS) is 12.2. The highest BCUT2D eigenvalue weighted by molar-refractivity contribution is 5.79. The van der Waals surface area contributed by atoms with Gasteiger partial charge < -0.3 is 20.5 Å². The van der Waals surface area contributed by atoms with Crippen LogP contribution in [0.5, 0.6) is 11.5 Å². The number of rotatable bonds is 7. The van der Waals surface area contributed by atoms with E-state index in [0.717, 1.165) is 16.9 Å². The molecule has 0 aliphatic carbocycles. The Morgan fingerprint density at radius 2 is 1.68 bits per heavy atom. The second-order valence-electron chi connectivity index (χ2n) is 7.10. The van der Waals surface area contributed by atoms with Gasteiger partial charge in [-0.05, 0) is 54.3 Å². The summed E-state index contributed by atoms with van der Waals surface area (Å²) in [4.78, 5) is 24.2. The van der Waals surface area contributed by atoms with Crippen molar-refractivity contribution in [2.45, 2.75) is 32.7 Å². The summed E-state index contributed by atoms with van der Waals surface area (Å²) in [5.41, 5.74) is 1.75. The van der Waals surface area contributed by atoms with E-state index in [4.69, 9.17) is 4.74 Å². The minimum Gasteiger partial charge on any atom is -0.508 e. The molecule has 3 N–H and O–H groups in total. The fraction of sp³-hybridized carbons (Fsp3) is 0.273. The standard InChI is InChI=1S/C22H24N2O4/c1-12(2)17-11-15(8-9-18(17)25)24-20-19(21(26)22(20)27)23-13(3)14-6-5-7-16(10-14)28-4/h5-13,23-25H,1-4H3/t13-/m1/s1. The Balaban J connectivity index is 1.84. The first-order valence-electron chi connectivity index (χ1n) is 9.15. The molecule has 0 saturated carbocycles. The average molecular weight is 380 g/mol. The third-order valence-corrected chi connectivity index (χ3v) is 4.78. The van der Waals surface area contributed by atoms with Gasteiger partial charge in [0, 0.05) is 11.7 Å². The molecule has 0 bridgehead atoms. The zero-order chi connectivity index (χ0) is 20.4. The molecule has 0 fully saturated rings. The SMILES string of the molecule is COc1cccc([C@@H](C)Nc2c(Nc3ccc(O)c(C(C)C)c3)c(=O)c2=O)c1. The van der Waals surface area contributed by atoms with E-state index in [2.05, 4.69) is 10.6 Å². The highest BCUT2D eigenvalue weighted by Crippen LogP contribution is 2.31. The van der Waals surface area contributed by atoms with Gasteiger partial charge in [0.2, 0.25) is 0 Å². The molecule has 0 saturated heterocycles. The van der Waals surface area contributed by atoms with Crippen LogP contribution in [-0.2, 0) is 0 Å². The van der Waals surface area contributed by atoms with Crippen molar-refractivity contribution in [3.05, 3.63) is 74.0 Å². The van der Waals surface area contributed by atoms with Gasteiger partial charge in [0.15, 0.2) is 0 Å². The molecule has 3 rings (SSSR count). The molecular formula is C22H24N2O4. The fourth-order valence-electron chi connectivity index (χ4n) is 3.10. The summed E-state index contributed by atoms with van der Waals surface area (Å²) in [6.07, 6.45) is 0. The van der Waals surface area contributed by atoms with Gasteiger partial charge in [-0.15, -0.1) is 0 Å². The maximum absolute atomic E-state index is 12.1. The van der Waals surface area contributed by atoms with Gasteiger partial charge in [0.25, 0.3) is 10.9 Å². The summed E-state index contributed by atoms with van der Waals surface area (Å²) in [5, 5.41) is 16.1. The van der Waals surface area contributed by atoms with Gasteiger partial charge in [-0.2, -0.15) is 0 Å². The molecule has 146 valence electrons. The first kappa shape index (κ1) is 19.5. The number of hydrogen-bond acceptors (Lipinski definition) is 6. The van der Waals surface area contributed by atoms with Crippen LogP contribution in [0.25, 0.3) is 0 Å². The van der Waals surface area contributed by atoms with Crippen molar-refractivity contribution in [2.24, 2.45) is 0 Å². The zero-order valence-corrected chi connectivity index (χ0v) is 16.4. The lowest BCUT2D eigenvalue weighted by Crippen LogP contribution is -2.37. The lowest BCUT2D eigenvalue weighted by atomic mass is 10.0. The largest absolute Gasteiger partial charge is 0.508 e. The van der Waals surface area contributed by atoms with Crippen LogP contribution in [0, 0.1) is 0 Å². The number of methoxy groups -OCH3 is 1. The molecule has 3 aromatic rings. The number of anilines is 3. The monoisotopic (exact) mass is 380 g/mol. The van der Waals surface area contributed by atoms with Crippen molar-refractivity contribution in [2.75, 3.05) is 17.7 Å². The van der Waals surface area contributed by atoms with Crippen LogP contribution in [0.3, 0.4) is 0 Å². The predicted molar refractivity (Wildman–Crippen MR) is 112 cm³/mol. The zero-order valence-electron chi connectivity index (χ0n) is 16.4. The summed E-state index contributed by atoms with van der Waals surface area (Å²) >= 11 is 0. The minimum atomic E-state index is -0.556. The summed E-state index contributed by atoms with van der Waals surface area (Å²) < 4.78 is 5.24. The molecule has 0 aliphatic rings. The molecule has 28 heavy (non-hydrogen) atoms. The van der Waals surface area contributed by atoms with E-state index < -0.39 is 10.9 Å². The van der Waals surface area contributed by atoms with Crippen LogP contribution in [0.4, 0.5) is 17.1 Å². The van der Waals surface area contributed by atoms with E-state index in [1.807, 2.05) is 45.0 Å². The van der Waals surface area contributed by atoms with Gasteiger partial charge in [-0.25, -0.2) is 0 Å². The number of benzene rings is 2. The maximum Gasteiger partial charge on any atom is 0.253 e.